The zero-order valence-corrected chi connectivity index (χ0v) is 18.3. The third-order valence-electron chi connectivity index (χ3n) is 3.39. The molecule has 0 aliphatic rings. The molecule has 0 spiro atoms. The largest absolute Gasteiger partial charge is 2.00 e. The molecule has 0 aromatic rings. The van der Waals surface area contributed by atoms with E-state index in [1.165, 1.54) is 51.4 Å². The van der Waals surface area contributed by atoms with Gasteiger partial charge in [0.25, 0.3) is 0 Å². The molecule has 6 nitrogen and oxygen atoms in total. The first kappa shape index (κ1) is 30.3. The molecule has 0 bridgehead atoms. The minimum Gasteiger partial charge on any atom is -0.566 e. The van der Waals surface area contributed by atoms with Gasteiger partial charge in [0, 0.05) is 0 Å². The third-order valence-corrected chi connectivity index (χ3v) is 4.18. The first-order chi connectivity index (χ1) is 11.5. The second-order valence-electron chi connectivity index (χ2n) is 5.65. The summed E-state index contributed by atoms with van der Waals surface area (Å²) in [5, 5.41) is 0. The van der Waals surface area contributed by atoms with Crippen LogP contribution >= 0.6 is 16.5 Å². The molecule has 0 heterocycles. The molecule has 2 atom stereocenters. The van der Waals surface area contributed by atoms with Gasteiger partial charge < -0.3 is 9.79 Å². The number of rotatable bonds is 16. The molecule has 25 heavy (non-hydrogen) atoms. The van der Waals surface area contributed by atoms with Crippen LogP contribution in [0.25, 0.3) is 0 Å². The molecule has 0 saturated carbocycles. The first-order valence-electron chi connectivity index (χ1n) is 9.09. The SMILES string of the molecule is CCCCCCCCO[P+](=O)[O-].CCCCCCCCO[P+](=O)[O-].[Ni+2]. The van der Waals surface area contributed by atoms with Gasteiger partial charge in [0.05, 0.1) is 0 Å². The second kappa shape index (κ2) is 26.8. The molecule has 0 fully saturated rings. The van der Waals surface area contributed by atoms with E-state index in [1.807, 2.05) is 0 Å². The summed E-state index contributed by atoms with van der Waals surface area (Å²) in [6, 6.07) is 0. The summed E-state index contributed by atoms with van der Waals surface area (Å²) < 4.78 is 28.7. The first-order valence-corrected chi connectivity index (χ1v) is 11.3. The van der Waals surface area contributed by atoms with E-state index in [4.69, 9.17) is 0 Å². The summed E-state index contributed by atoms with van der Waals surface area (Å²) in [4.78, 5) is 19.9. The molecular formula is C16H34NiO6P2+2. The van der Waals surface area contributed by atoms with Crippen molar-refractivity contribution in [3.63, 3.8) is 0 Å². The Morgan fingerprint density at radius 2 is 0.880 bits per heavy atom. The van der Waals surface area contributed by atoms with E-state index in [2.05, 4.69) is 22.9 Å². The fourth-order valence-corrected chi connectivity index (χ4v) is 2.60. The summed E-state index contributed by atoms with van der Waals surface area (Å²) in [6.45, 7) is 5.05. The number of hydrogen-bond acceptors (Lipinski definition) is 6. The fourth-order valence-electron chi connectivity index (χ4n) is 2.04. The monoisotopic (exact) mass is 442 g/mol. The van der Waals surface area contributed by atoms with E-state index in [9.17, 15) is 18.9 Å². The maximum atomic E-state index is 9.95. The molecule has 0 saturated heterocycles. The summed E-state index contributed by atoms with van der Waals surface area (Å²) in [6.07, 6.45) is 13.8. The molecule has 0 aliphatic heterocycles. The molecule has 0 rings (SSSR count). The van der Waals surface area contributed by atoms with Gasteiger partial charge in [-0.25, -0.2) is 0 Å². The van der Waals surface area contributed by atoms with Crippen LogP contribution in [0.5, 0.6) is 0 Å². The summed E-state index contributed by atoms with van der Waals surface area (Å²) in [7, 11) is -5.26. The van der Waals surface area contributed by atoms with E-state index in [1.54, 1.807) is 0 Å². The Morgan fingerprint density at radius 1 is 0.600 bits per heavy atom. The van der Waals surface area contributed by atoms with Gasteiger partial charge in [-0.1, -0.05) is 78.1 Å². The molecule has 0 aromatic carbocycles. The Morgan fingerprint density at radius 3 is 1.16 bits per heavy atom. The summed E-state index contributed by atoms with van der Waals surface area (Å²) >= 11 is 0. The van der Waals surface area contributed by atoms with Crippen molar-refractivity contribution >= 4 is 16.5 Å². The smallest absolute Gasteiger partial charge is 0.566 e. The maximum absolute atomic E-state index is 9.95. The van der Waals surface area contributed by atoms with Gasteiger partial charge in [-0.2, -0.15) is 0 Å². The molecule has 0 amide bonds. The van der Waals surface area contributed by atoms with Crippen LogP contribution in [0, 0.1) is 0 Å². The van der Waals surface area contributed by atoms with Crippen molar-refractivity contribution in [1.29, 1.82) is 0 Å². The Kier molecular flexibility index (Phi) is 32.4. The van der Waals surface area contributed by atoms with Gasteiger partial charge in [-0.05, 0) is 22.0 Å². The minimum atomic E-state index is -2.63. The van der Waals surface area contributed by atoms with Crippen LogP contribution in [-0.4, -0.2) is 13.2 Å². The Labute approximate surface area is 165 Å². The average Bonchev–Trinajstić information content (AvgIpc) is 2.53. The molecule has 152 valence electrons. The predicted octanol–water partition coefficient (Wildman–Crippen LogP) is 4.76. The zero-order chi connectivity index (χ0) is 18.5. The van der Waals surface area contributed by atoms with Crippen molar-refractivity contribution in [2.24, 2.45) is 0 Å². The number of hydrogen-bond donors (Lipinski definition) is 0. The molecule has 0 aromatic heterocycles. The van der Waals surface area contributed by atoms with Gasteiger partial charge in [0.2, 0.25) is 0 Å². The maximum Gasteiger partial charge on any atom is 2.00 e. The van der Waals surface area contributed by atoms with E-state index in [0.29, 0.717) is 13.2 Å². The van der Waals surface area contributed by atoms with Crippen LogP contribution in [-0.2, 0) is 34.7 Å². The van der Waals surface area contributed by atoms with E-state index >= 15 is 0 Å². The molecule has 0 N–H and O–H groups in total. The van der Waals surface area contributed by atoms with Crippen LogP contribution in [0.2, 0.25) is 0 Å². The fraction of sp³-hybridized carbons (Fsp3) is 1.00. The minimum absolute atomic E-state index is 0. The van der Waals surface area contributed by atoms with Crippen molar-refractivity contribution in [3.05, 3.63) is 0 Å². The molecule has 2 unspecified atom stereocenters. The standard InChI is InChI=1S/2C8H17O3P.Ni/c2*1-2-3-4-5-6-7-8-11-12(9)10;/h2*2-8H2,1H3;/q;;+2. The Bertz CT molecular complexity index is 268. The van der Waals surface area contributed by atoms with Gasteiger partial charge in [-0.15, -0.1) is 9.05 Å². The quantitative estimate of drug-likeness (QED) is 0.194. The van der Waals surface area contributed by atoms with Crippen LogP contribution in [0.3, 0.4) is 0 Å². The van der Waals surface area contributed by atoms with Crippen molar-refractivity contribution < 1.29 is 44.5 Å². The van der Waals surface area contributed by atoms with Gasteiger partial charge in [-0.3, -0.25) is 0 Å². The molecule has 0 aliphatic carbocycles. The summed E-state index contributed by atoms with van der Waals surface area (Å²) in [5.41, 5.74) is 0. The van der Waals surface area contributed by atoms with Crippen LogP contribution in [0.4, 0.5) is 0 Å². The normalized spacial score (nSPS) is 11.2. The molecular weight excluding hydrogens is 409 g/mol. The van der Waals surface area contributed by atoms with E-state index in [0.717, 1.165) is 25.7 Å². The summed E-state index contributed by atoms with van der Waals surface area (Å²) in [5.74, 6) is 0. The average molecular weight is 443 g/mol. The Hall–Kier alpha value is 0.534. The predicted molar refractivity (Wildman–Crippen MR) is 93.9 cm³/mol. The van der Waals surface area contributed by atoms with Gasteiger partial charge in [0.15, 0.2) is 0 Å². The van der Waals surface area contributed by atoms with Gasteiger partial charge in [0.1, 0.15) is 13.2 Å². The van der Waals surface area contributed by atoms with E-state index in [-0.39, 0.29) is 16.5 Å². The van der Waals surface area contributed by atoms with Crippen molar-refractivity contribution in [2.45, 2.75) is 90.9 Å². The topological polar surface area (TPSA) is 98.7 Å². The second-order valence-corrected chi connectivity index (χ2v) is 7.06. The van der Waals surface area contributed by atoms with E-state index < -0.39 is 16.5 Å². The third kappa shape index (κ3) is 36.3. The molecule has 9 heteroatoms. The molecule has 0 radical (unpaired) electrons. The van der Waals surface area contributed by atoms with Gasteiger partial charge >= 0.3 is 33.0 Å². The zero-order valence-electron chi connectivity index (χ0n) is 15.6. The Balaban J connectivity index is -0.000000372. The van der Waals surface area contributed by atoms with Crippen LogP contribution < -0.4 is 9.79 Å². The van der Waals surface area contributed by atoms with Crippen LogP contribution in [0.1, 0.15) is 90.9 Å². The van der Waals surface area contributed by atoms with Crippen molar-refractivity contribution in [1.82, 2.24) is 0 Å². The van der Waals surface area contributed by atoms with Crippen molar-refractivity contribution in [2.75, 3.05) is 13.2 Å². The number of unbranched alkanes of at least 4 members (excludes halogenated alkanes) is 10. The van der Waals surface area contributed by atoms with Crippen LogP contribution in [0.15, 0.2) is 0 Å². The van der Waals surface area contributed by atoms with Crippen molar-refractivity contribution in [3.8, 4) is 0 Å².